The van der Waals surface area contributed by atoms with Gasteiger partial charge in [0, 0.05) is 17.3 Å². The number of hydrogen-bond donors (Lipinski definition) is 1. The third-order valence-electron chi connectivity index (χ3n) is 9.27. The van der Waals surface area contributed by atoms with Crippen LogP contribution in [0.15, 0.2) is 46.3 Å². The number of allylic oxidation sites excluding steroid dienone is 3. The van der Waals surface area contributed by atoms with Gasteiger partial charge >= 0.3 is 5.97 Å². The minimum atomic E-state index is -0.710. The maximum Gasteiger partial charge on any atom is 0.379 e. The van der Waals surface area contributed by atoms with Gasteiger partial charge in [0.2, 0.25) is 11.5 Å². The lowest BCUT2D eigenvalue weighted by Crippen LogP contribution is -2.56. The topological polar surface area (TPSA) is 93.8 Å². The molecule has 8 atom stereocenters. The monoisotopic (exact) mass is 452 g/mol. The maximum atomic E-state index is 12.8. The zero-order valence-electron chi connectivity index (χ0n) is 19.7. The van der Waals surface area contributed by atoms with Gasteiger partial charge in [-0.15, -0.1) is 0 Å². The minimum absolute atomic E-state index is 0.00904. The Labute approximate surface area is 194 Å². The van der Waals surface area contributed by atoms with Crippen LogP contribution in [0.3, 0.4) is 0 Å². The molecule has 3 saturated carbocycles. The molecule has 6 heteroatoms. The van der Waals surface area contributed by atoms with Crippen LogP contribution >= 0.6 is 0 Å². The largest absolute Gasteiger partial charge is 0.457 e. The molecule has 0 amide bonds. The average molecular weight is 453 g/mol. The van der Waals surface area contributed by atoms with Crippen molar-refractivity contribution in [2.24, 2.45) is 40.4 Å². The number of aliphatic hydroxyl groups excluding tert-OH is 1. The molecule has 0 aliphatic heterocycles. The quantitative estimate of drug-likeness (QED) is 0.679. The molecule has 6 nitrogen and oxygen atoms in total. The van der Waals surface area contributed by atoms with Crippen LogP contribution in [0.1, 0.15) is 63.9 Å². The molecule has 4 aliphatic carbocycles. The first-order valence-electron chi connectivity index (χ1n) is 12.0. The number of Topliss-reactive ketones (excluding diaryl/α,β-unsaturated/α-hetero) is 1. The summed E-state index contributed by atoms with van der Waals surface area (Å²) in [6.45, 7) is 8.09. The van der Waals surface area contributed by atoms with Crippen molar-refractivity contribution in [1.82, 2.24) is 0 Å². The Hall–Kier alpha value is -2.47. The van der Waals surface area contributed by atoms with Crippen LogP contribution in [0, 0.1) is 40.4 Å². The molecule has 3 fully saturated rings. The predicted molar refractivity (Wildman–Crippen MR) is 120 cm³/mol. The zero-order valence-corrected chi connectivity index (χ0v) is 19.7. The van der Waals surface area contributed by atoms with Gasteiger partial charge in [-0.05, 0) is 80.1 Å². The van der Waals surface area contributed by atoms with E-state index in [0.29, 0.717) is 18.3 Å². The molecule has 0 bridgehead atoms. The highest BCUT2D eigenvalue weighted by Crippen LogP contribution is 2.67. The number of hydrogen-bond acceptors (Lipinski definition) is 6. The first kappa shape index (κ1) is 22.3. The second-order valence-electron chi connectivity index (χ2n) is 11.1. The van der Waals surface area contributed by atoms with Gasteiger partial charge in [-0.3, -0.25) is 9.59 Å². The Balaban J connectivity index is 1.50. The van der Waals surface area contributed by atoms with Gasteiger partial charge in [0.05, 0.1) is 12.4 Å². The molecule has 176 valence electrons. The van der Waals surface area contributed by atoms with E-state index < -0.39 is 17.5 Å². The number of carbonyl (C=O) groups is 3. The number of furan rings is 1. The number of fused-ring (bicyclic) bond motifs is 5. The van der Waals surface area contributed by atoms with Crippen molar-refractivity contribution in [3.8, 4) is 0 Å². The van der Waals surface area contributed by atoms with Crippen molar-refractivity contribution in [1.29, 1.82) is 0 Å². The summed E-state index contributed by atoms with van der Waals surface area (Å²) in [5.41, 5.74) is 0.184. The summed E-state index contributed by atoms with van der Waals surface area (Å²) in [6.07, 6.45) is 7.33. The number of ketones is 2. The fourth-order valence-corrected chi connectivity index (χ4v) is 8.25. The highest BCUT2D eigenvalue weighted by Gasteiger charge is 2.64. The molecule has 0 aromatic carbocycles. The van der Waals surface area contributed by atoms with Crippen molar-refractivity contribution >= 4 is 17.5 Å². The van der Waals surface area contributed by atoms with E-state index >= 15 is 0 Å². The molecule has 0 radical (unpaired) electrons. The zero-order chi connectivity index (χ0) is 23.7. The first-order valence-corrected chi connectivity index (χ1v) is 12.0. The summed E-state index contributed by atoms with van der Waals surface area (Å²) in [4.78, 5) is 37.8. The summed E-state index contributed by atoms with van der Waals surface area (Å²) in [5, 5.41) is 11.5. The normalized spacial score (nSPS) is 41.9. The second-order valence-corrected chi connectivity index (χ2v) is 11.1. The van der Waals surface area contributed by atoms with Crippen molar-refractivity contribution in [3.05, 3.63) is 47.6 Å². The molecule has 4 aliphatic rings. The Morgan fingerprint density at radius 2 is 2.03 bits per heavy atom. The van der Waals surface area contributed by atoms with Crippen LogP contribution in [0.2, 0.25) is 0 Å². The third-order valence-corrected chi connectivity index (χ3v) is 9.27. The standard InChI is InChI=1S/C27H32O6/c1-14-10-18-17-8-7-16-11-19(29)22(33-25(31)21-6-5-9-32-21)13-26(16,3)24(17)20(30)12-27(18,4)23(14)15(2)28/h5-6,9,11,13-14,17-18,20,23-24,30H,7-8,10,12H2,1-4H3/t14?,17-,18-,20?,23+,24+,26-,27-/m0/s1. The van der Waals surface area contributed by atoms with E-state index in [1.807, 2.05) is 0 Å². The van der Waals surface area contributed by atoms with E-state index in [-0.39, 0.29) is 46.3 Å². The van der Waals surface area contributed by atoms with Gasteiger partial charge < -0.3 is 14.3 Å². The smallest absolute Gasteiger partial charge is 0.379 e. The van der Waals surface area contributed by atoms with Crippen LogP contribution in [-0.4, -0.2) is 28.7 Å². The molecule has 1 heterocycles. The van der Waals surface area contributed by atoms with Crippen LogP contribution < -0.4 is 0 Å². The van der Waals surface area contributed by atoms with Crippen molar-refractivity contribution in [3.63, 3.8) is 0 Å². The van der Waals surface area contributed by atoms with Gasteiger partial charge in [-0.25, -0.2) is 4.79 Å². The minimum Gasteiger partial charge on any atom is -0.457 e. The predicted octanol–water partition coefficient (Wildman–Crippen LogP) is 4.49. The van der Waals surface area contributed by atoms with Gasteiger partial charge in [0.15, 0.2) is 5.76 Å². The van der Waals surface area contributed by atoms with E-state index in [1.165, 1.54) is 12.3 Å². The molecular weight excluding hydrogens is 420 g/mol. The molecule has 2 unspecified atom stereocenters. The summed E-state index contributed by atoms with van der Waals surface area (Å²) in [7, 11) is 0. The van der Waals surface area contributed by atoms with Crippen LogP contribution in [0.4, 0.5) is 0 Å². The maximum absolute atomic E-state index is 12.8. The number of rotatable bonds is 3. The first-order chi connectivity index (χ1) is 15.6. The van der Waals surface area contributed by atoms with Gasteiger partial charge in [0.25, 0.3) is 0 Å². The van der Waals surface area contributed by atoms with Crippen LogP contribution in [0.25, 0.3) is 0 Å². The van der Waals surface area contributed by atoms with E-state index in [0.717, 1.165) is 24.8 Å². The van der Waals surface area contributed by atoms with Crippen LogP contribution in [-0.2, 0) is 14.3 Å². The van der Waals surface area contributed by atoms with Gasteiger partial charge in [0.1, 0.15) is 5.78 Å². The molecule has 1 aromatic rings. The molecule has 0 spiro atoms. The number of ether oxygens (including phenoxy) is 1. The third kappa shape index (κ3) is 3.21. The lowest BCUT2D eigenvalue weighted by Gasteiger charge is -2.58. The highest BCUT2D eigenvalue weighted by atomic mass is 16.6. The lowest BCUT2D eigenvalue weighted by molar-refractivity contribution is -0.138. The van der Waals surface area contributed by atoms with E-state index in [9.17, 15) is 19.5 Å². The molecule has 33 heavy (non-hydrogen) atoms. The van der Waals surface area contributed by atoms with Crippen LogP contribution in [0.5, 0.6) is 0 Å². The lowest BCUT2D eigenvalue weighted by atomic mass is 9.46. The van der Waals surface area contributed by atoms with Crippen molar-refractivity contribution in [2.45, 2.75) is 59.5 Å². The van der Waals surface area contributed by atoms with E-state index in [2.05, 4.69) is 20.8 Å². The summed E-state index contributed by atoms with van der Waals surface area (Å²) in [5.74, 6) is -0.0562. The fourth-order valence-electron chi connectivity index (χ4n) is 8.25. The molecule has 0 saturated heterocycles. The fraction of sp³-hybridized carbons (Fsp3) is 0.593. The highest BCUT2D eigenvalue weighted by molar-refractivity contribution is 6.06. The summed E-state index contributed by atoms with van der Waals surface area (Å²) >= 11 is 0. The van der Waals surface area contributed by atoms with Crippen molar-refractivity contribution < 1.29 is 28.6 Å². The number of esters is 1. The van der Waals surface area contributed by atoms with E-state index in [1.54, 1.807) is 25.1 Å². The van der Waals surface area contributed by atoms with Crippen molar-refractivity contribution in [2.75, 3.05) is 0 Å². The Morgan fingerprint density at radius 3 is 2.70 bits per heavy atom. The SMILES string of the molecule is CC(=O)[C@H]1C(C)C[C@H]2[C@@H]3CCC4=CC(=O)C(OC(=O)c5ccco5)=C[C@]4(C)[C@H]3C(O)C[C@]12C. The molecular formula is C27H32O6. The second kappa shape index (κ2) is 7.52. The number of carbonyl (C=O) groups excluding carboxylic acids is 3. The summed E-state index contributed by atoms with van der Waals surface area (Å²) in [6, 6.07) is 3.08. The summed E-state index contributed by atoms with van der Waals surface area (Å²) < 4.78 is 10.6. The molecule has 1 aromatic heterocycles. The Morgan fingerprint density at radius 1 is 1.27 bits per heavy atom. The molecule has 1 N–H and O–H groups in total. The van der Waals surface area contributed by atoms with Gasteiger partial charge in [-0.2, -0.15) is 0 Å². The Kier molecular flexibility index (Phi) is 5.09. The van der Waals surface area contributed by atoms with Gasteiger partial charge in [-0.1, -0.05) is 26.3 Å². The Bertz CT molecular complexity index is 1060. The molecule has 5 rings (SSSR count). The average Bonchev–Trinajstić information content (AvgIpc) is 3.34. The van der Waals surface area contributed by atoms with E-state index in [4.69, 9.17) is 9.15 Å². The number of aliphatic hydroxyl groups is 1.